The summed E-state index contributed by atoms with van der Waals surface area (Å²) in [5.74, 6) is -1.02. The third-order valence-electron chi connectivity index (χ3n) is 5.83. The number of nitrogens with one attached hydrogen (secondary N) is 2. The summed E-state index contributed by atoms with van der Waals surface area (Å²) in [5, 5.41) is 3.08. The van der Waals surface area contributed by atoms with E-state index in [9.17, 15) is 14.0 Å². The number of carbonyl (C=O) groups is 2. The van der Waals surface area contributed by atoms with E-state index >= 15 is 0 Å². The summed E-state index contributed by atoms with van der Waals surface area (Å²) >= 11 is 6.18. The van der Waals surface area contributed by atoms with E-state index in [1.165, 1.54) is 19.2 Å². The van der Waals surface area contributed by atoms with Crippen molar-refractivity contribution in [3.63, 3.8) is 0 Å². The molecule has 0 unspecified atom stereocenters. The molecule has 0 aliphatic carbocycles. The van der Waals surface area contributed by atoms with Crippen LogP contribution in [0.15, 0.2) is 54.6 Å². The maximum absolute atomic E-state index is 14.4. The predicted octanol–water partition coefficient (Wildman–Crippen LogP) is 5.06. The van der Waals surface area contributed by atoms with Gasteiger partial charge in [-0.2, -0.15) is 0 Å². The molecule has 37 heavy (non-hydrogen) atoms. The van der Waals surface area contributed by atoms with Crippen LogP contribution < -0.4 is 5.32 Å². The number of amides is 1. The van der Waals surface area contributed by atoms with Gasteiger partial charge in [0.05, 0.1) is 51.9 Å². The lowest BCUT2D eigenvalue weighted by Gasteiger charge is -2.09. The van der Waals surface area contributed by atoms with Gasteiger partial charge >= 0.3 is 5.97 Å². The highest BCUT2D eigenvalue weighted by Crippen LogP contribution is 2.30. The summed E-state index contributed by atoms with van der Waals surface area (Å²) in [6, 6.07) is 14.4. The second-order valence-corrected chi connectivity index (χ2v) is 8.55. The van der Waals surface area contributed by atoms with Gasteiger partial charge < -0.3 is 24.3 Å². The van der Waals surface area contributed by atoms with E-state index in [1.54, 1.807) is 54.1 Å². The fourth-order valence-corrected chi connectivity index (χ4v) is 4.33. The Bertz CT molecular complexity index is 1640. The molecule has 11 heteroatoms. The molecule has 0 saturated carbocycles. The number of rotatable bonds is 7. The lowest BCUT2D eigenvalue weighted by atomic mass is 10.2. The Kier molecular flexibility index (Phi) is 6.60. The minimum atomic E-state index is -0.497. The van der Waals surface area contributed by atoms with Crippen LogP contribution in [0.5, 0.6) is 0 Å². The molecule has 5 rings (SSSR count). The fraction of sp³-hybridized carbons (Fsp3) is 0.154. The molecule has 0 radical (unpaired) electrons. The van der Waals surface area contributed by atoms with Crippen molar-refractivity contribution < 1.29 is 23.5 Å². The van der Waals surface area contributed by atoms with Gasteiger partial charge in [-0.05, 0) is 48.5 Å². The van der Waals surface area contributed by atoms with Crippen molar-refractivity contribution >= 4 is 51.2 Å². The van der Waals surface area contributed by atoms with Crippen molar-refractivity contribution in [2.45, 2.75) is 6.54 Å². The van der Waals surface area contributed by atoms with E-state index in [0.29, 0.717) is 46.5 Å². The number of aromatic nitrogens is 4. The number of imidazole rings is 2. The van der Waals surface area contributed by atoms with Gasteiger partial charge in [0.2, 0.25) is 0 Å². The van der Waals surface area contributed by atoms with Gasteiger partial charge in [-0.3, -0.25) is 4.79 Å². The van der Waals surface area contributed by atoms with E-state index < -0.39 is 17.7 Å². The first-order valence-electron chi connectivity index (χ1n) is 11.2. The monoisotopic (exact) mass is 521 g/mol. The highest BCUT2D eigenvalue weighted by Gasteiger charge is 2.20. The summed E-state index contributed by atoms with van der Waals surface area (Å²) < 4.78 is 26.1. The molecular weight excluding hydrogens is 501 g/mol. The first-order chi connectivity index (χ1) is 17.9. The summed E-state index contributed by atoms with van der Waals surface area (Å²) in [4.78, 5) is 37.2. The van der Waals surface area contributed by atoms with Crippen molar-refractivity contribution in [2.24, 2.45) is 0 Å². The minimum Gasteiger partial charge on any atom is -0.465 e. The number of fused-ring (bicyclic) bond motifs is 2. The average molecular weight is 522 g/mol. The molecule has 1 amide bonds. The fourth-order valence-electron chi connectivity index (χ4n) is 4.07. The molecule has 0 aliphatic rings. The zero-order valence-electron chi connectivity index (χ0n) is 19.8. The lowest BCUT2D eigenvalue weighted by Crippen LogP contribution is -2.19. The van der Waals surface area contributed by atoms with E-state index in [2.05, 4.69) is 20.3 Å². The van der Waals surface area contributed by atoms with E-state index in [4.69, 9.17) is 21.1 Å². The maximum atomic E-state index is 14.4. The Morgan fingerprint density at radius 2 is 1.92 bits per heavy atom. The zero-order valence-corrected chi connectivity index (χ0v) is 20.6. The van der Waals surface area contributed by atoms with Gasteiger partial charge in [-0.15, -0.1) is 0 Å². The number of hydrogen-bond acceptors (Lipinski definition) is 6. The molecule has 0 bridgehead atoms. The van der Waals surface area contributed by atoms with Crippen LogP contribution in [0.1, 0.15) is 21.0 Å². The number of esters is 1. The number of nitrogens with zero attached hydrogens (tertiary/aromatic N) is 3. The van der Waals surface area contributed by atoms with Crippen molar-refractivity contribution in [3.05, 3.63) is 76.8 Å². The predicted molar refractivity (Wildman–Crippen MR) is 137 cm³/mol. The van der Waals surface area contributed by atoms with Crippen molar-refractivity contribution in [1.82, 2.24) is 19.5 Å². The smallest absolute Gasteiger partial charge is 0.337 e. The van der Waals surface area contributed by atoms with Gasteiger partial charge in [-0.1, -0.05) is 17.7 Å². The molecule has 0 saturated heterocycles. The lowest BCUT2D eigenvalue weighted by molar-refractivity contribution is 0.0600. The van der Waals surface area contributed by atoms with Crippen molar-refractivity contribution in [2.75, 3.05) is 26.1 Å². The van der Waals surface area contributed by atoms with Gasteiger partial charge in [0.25, 0.3) is 5.91 Å². The molecule has 3 aromatic carbocycles. The molecule has 2 heterocycles. The Hall–Kier alpha value is -4.28. The molecule has 0 fully saturated rings. The van der Waals surface area contributed by atoms with Crippen LogP contribution in [0.4, 0.5) is 10.1 Å². The number of ether oxygens (including phenoxy) is 2. The maximum Gasteiger partial charge on any atom is 0.337 e. The summed E-state index contributed by atoms with van der Waals surface area (Å²) in [6.07, 6.45) is 0. The van der Waals surface area contributed by atoms with Gasteiger partial charge in [-0.25, -0.2) is 19.2 Å². The number of hydrogen-bond donors (Lipinski definition) is 2. The molecule has 9 nitrogen and oxygen atoms in total. The van der Waals surface area contributed by atoms with Crippen LogP contribution in [-0.2, 0) is 16.0 Å². The van der Waals surface area contributed by atoms with E-state index in [0.717, 1.165) is 0 Å². The van der Waals surface area contributed by atoms with Crippen molar-refractivity contribution in [1.29, 1.82) is 0 Å². The van der Waals surface area contributed by atoms with Gasteiger partial charge in [0.15, 0.2) is 5.82 Å². The number of aromatic amines is 1. The summed E-state index contributed by atoms with van der Waals surface area (Å²) in [6.45, 7) is 0.728. The Balaban J connectivity index is 1.47. The largest absolute Gasteiger partial charge is 0.465 e. The number of benzene rings is 3. The number of carbonyl (C=O) groups excluding carboxylic acids is 2. The zero-order chi connectivity index (χ0) is 26.1. The number of H-pyrrole nitrogens is 1. The summed E-state index contributed by atoms with van der Waals surface area (Å²) in [7, 11) is 2.86. The molecule has 2 N–H and O–H groups in total. The second-order valence-electron chi connectivity index (χ2n) is 8.14. The topological polar surface area (TPSA) is 111 Å². The van der Waals surface area contributed by atoms with Crippen LogP contribution in [0, 0.1) is 5.82 Å². The third-order valence-corrected chi connectivity index (χ3v) is 6.15. The van der Waals surface area contributed by atoms with Crippen LogP contribution in [0.2, 0.25) is 5.02 Å². The third kappa shape index (κ3) is 4.64. The van der Waals surface area contributed by atoms with Gasteiger partial charge in [0, 0.05) is 19.3 Å². The average Bonchev–Trinajstić information content (AvgIpc) is 3.47. The number of halogens is 2. The van der Waals surface area contributed by atoms with Crippen LogP contribution in [-0.4, -0.2) is 52.2 Å². The quantitative estimate of drug-likeness (QED) is 0.290. The molecule has 5 aromatic rings. The van der Waals surface area contributed by atoms with Gasteiger partial charge in [0.1, 0.15) is 11.6 Å². The summed E-state index contributed by atoms with van der Waals surface area (Å²) in [5.41, 5.74) is 3.29. The molecule has 2 aromatic heterocycles. The van der Waals surface area contributed by atoms with Crippen LogP contribution in [0.3, 0.4) is 0 Å². The number of methoxy groups -OCH3 is 2. The van der Waals surface area contributed by atoms with Crippen LogP contribution >= 0.6 is 11.6 Å². The normalized spacial score (nSPS) is 11.2. The van der Waals surface area contributed by atoms with Crippen LogP contribution in [0.25, 0.3) is 33.5 Å². The second kappa shape index (κ2) is 10.00. The molecule has 0 atom stereocenters. The Morgan fingerprint density at radius 3 is 2.68 bits per heavy atom. The highest BCUT2D eigenvalue weighted by atomic mass is 35.5. The Labute approximate surface area is 215 Å². The highest BCUT2D eigenvalue weighted by molar-refractivity contribution is 6.33. The molecule has 0 spiro atoms. The van der Waals surface area contributed by atoms with E-state index in [1.807, 2.05) is 0 Å². The number of anilines is 1. The first kappa shape index (κ1) is 24.4. The first-order valence-corrected chi connectivity index (χ1v) is 11.6. The van der Waals surface area contributed by atoms with Crippen molar-refractivity contribution in [3.8, 4) is 11.4 Å². The molecule has 188 valence electrons. The molecular formula is C26H21ClFN5O4. The minimum absolute atomic E-state index is 0.151. The SMILES string of the molecule is COCCn1c(C(=O)Nc2ccc3nc(-c4c(F)cccc4Cl)[nH]c3c2)nc2cc(C(=O)OC)ccc21. The Morgan fingerprint density at radius 1 is 1.08 bits per heavy atom. The molecule has 0 aliphatic heterocycles. The van der Waals surface area contributed by atoms with E-state index in [-0.39, 0.29) is 22.2 Å². The standard InChI is InChI=1S/C26H21ClFN5O4/c1-36-11-10-33-21-9-6-14(26(35)37-2)12-20(21)32-24(33)25(34)29-15-7-8-18-19(13-15)31-23(30-18)22-16(27)4-3-5-17(22)28/h3-9,12-13H,10-11H2,1-2H3,(H,29,34)(H,30,31).